The highest BCUT2D eigenvalue weighted by Gasteiger charge is 2.32. The number of amides is 3. The van der Waals surface area contributed by atoms with E-state index in [1.165, 1.54) is 0 Å². The summed E-state index contributed by atoms with van der Waals surface area (Å²) in [5, 5.41) is 42.7. The lowest BCUT2D eigenvalue weighted by Crippen LogP contribution is -2.57. The Hall–Kier alpha value is -4.53. The highest BCUT2D eigenvalue weighted by molar-refractivity contribution is 5.96. The number of carboxylic acid groups (broad SMARTS) is 4. The van der Waals surface area contributed by atoms with Gasteiger partial charge in [-0.2, -0.15) is 0 Å². The molecule has 0 aromatic heterocycles. The molecule has 0 saturated carbocycles. The normalized spacial score (nSPS) is 13.8. The summed E-state index contributed by atoms with van der Waals surface area (Å²) in [6, 6.07) is 1.77. The Kier molecular flexibility index (Phi) is 12.2. The minimum absolute atomic E-state index is 0.144. The molecule has 0 radical (unpaired) electrons. The van der Waals surface area contributed by atoms with Crippen LogP contribution in [0.2, 0.25) is 0 Å². The lowest BCUT2D eigenvalue weighted by molar-refractivity contribution is -0.143. The van der Waals surface area contributed by atoms with E-state index in [4.69, 9.17) is 15.9 Å². The number of benzene rings is 1. The topological polar surface area (TPSA) is 263 Å². The summed E-state index contributed by atoms with van der Waals surface area (Å²) >= 11 is 0. The molecule has 15 nitrogen and oxygen atoms in total. The van der Waals surface area contributed by atoms with Crippen molar-refractivity contribution >= 4 is 41.6 Å². The fraction of sp³-hybridized carbons (Fsp3) is 0.409. The van der Waals surface area contributed by atoms with Gasteiger partial charge in [0.2, 0.25) is 17.7 Å². The number of rotatable bonds is 16. The van der Waals surface area contributed by atoms with Crippen molar-refractivity contribution in [3.8, 4) is 0 Å². The molecule has 37 heavy (non-hydrogen) atoms. The molecule has 15 heteroatoms. The van der Waals surface area contributed by atoms with Crippen molar-refractivity contribution in [2.75, 3.05) is 0 Å². The largest absolute Gasteiger partial charge is 0.481 e. The first-order valence-corrected chi connectivity index (χ1v) is 10.9. The average Bonchev–Trinajstić information content (AvgIpc) is 2.80. The Morgan fingerprint density at radius 3 is 1.70 bits per heavy atom. The summed E-state index contributed by atoms with van der Waals surface area (Å²) in [6.45, 7) is 0. The zero-order valence-electron chi connectivity index (χ0n) is 19.5. The monoisotopic (exact) mass is 524 g/mol. The summed E-state index contributed by atoms with van der Waals surface area (Å²) in [7, 11) is 0. The van der Waals surface area contributed by atoms with E-state index in [-0.39, 0.29) is 6.42 Å². The smallest absolute Gasteiger partial charge is 0.326 e. The van der Waals surface area contributed by atoms with Crippen molar-refractivity contribution in [3.05, 3.63) is 35.9 Å². The zero-order valence-corrected chi connectivity index (χ0v) is 19.5. The molecule has 1 aromatic carbocycles. The third kappa shape index (κ3) is 11.6. The molecule has 9 N–H and O–H groups in total. The van der Waals surface area contributed by atoms with E-state index in [0.29, 0.717) is 5.56 Å². The van der Waals surface area contributed by atoms with E-state index in [1.54, 1.807) is 30.3 Å². The van der Waals surface area contributed by atoms with Crippen LogP contribution >= 0.6 is 0 Å². The van der Waals surface area contributed by atoms with Gasteiger partial charge in [0.1, 0.15) is 18.1 Å². The lowest BCUT2D eigenvalue weighted by atomic mass is 10.0. The van der Waals surface area contributed by atoms with Gasteiger partial charge in [0, 0.05) is 12.8 Å². The minimum Gasteiger partial charge on any atom is -0.481 e. The number of hydrogen-bond donors (Lipinski definition) is 8. The van der Waals surface area contributed by atoms with Gasteiger partial charge in [0.25, 0.3) is 0 Å². The first kappa shape index (κ1) is 30.5. The van der Waals surface area contributed by atoms with Crippen LogP contribution in [0.15, 0.2) is 30.3 Å². The van der Waals surface area contributed by atoms with Gasteiger partial charge in [0.05, 0.1) is 18.9 Å². The summed E-state index contributed by atoms with van der Waals surface area (Å²) in [5.74, 6) is -9.09. The van der Waals surface area contributed by atoms with E-state index in [0.717, 1.165) is 0 Å². The lowest BCUT2D eigenvalue weighted by Gasteiger charge is -2.24. The maximum atomic E-state index is 12.8. The molecule has 0 aliphatic heterocycles. The summed E-state index contributed by atoms with van der Waals surface area (Å²) in [5.41, 5.74) is 6.00. The highest BCUT2D eigenvalue weighted by Crippen LogP contribution is 2.06. The summed E-state index contributed by atoms with van der Waals surface area (Å²) in [6.07, 6.45) is -3.02. The second-order valence-electron chi connectivity index (χ2n) is 7.95. The number of nitrogens with one attached hydrogen (secondary N) is 3. The predicted octanol–water partition coefficient (Wildman–Crippen LogP) is -2.09. The van der Waals surface area contributed by atoms with Crippen LogP contribution in [-0.4, -0.2) is 86.2 Å². The highest BCUT2D eigenvalue weighted by atomic mass is 16.4. The van der Waals surface area contributed by atoms with Crippen LogP contribution in [0.25, 0.3) is 0 Å². The van der Waals surface area contributed by atoms with Crippen molar-refractivity contribution in [2.45, 2.75) is 56.3 Å². The maximum absolute atomic E-state index is 12.8. The van der Waals surface area contributed by atoms with Gasteiger partial charge in [0.15, 0.2) is 0 Å². The molecule has 4 unspecified atom stereocenters. The van der Waals surface area contributed by atoms with Crippen molar-refractivity contribution in [1.82, 2.24) is 16.0 Å². The van der Waals surface area contributed by atoms with Crippen molar-refractivity contribution in [1.29, 1.82) is 0 Å². The fourth-order valence-electron chi connectivity index (χ4n) is 3.07. The Labute approximate surface area is 210 Å². The van der Waals surface area contributed by atoms with Crippen LogP contribution in [0.1, 0.15) is 31.2 Å². The fourth-order valence-corrected chi connectivity index (χ4v) is 3.07. The molecule has 0 saturated heterocycles. The van der Waals surface area contributed by atoms with Crippen molar-refractivity contribution < 1.29 is 54.0 Å². The van der Waals surface area contributed by atoms with Crippen molar-refractivity contribution in [3.63, 3.8) is 0 Å². The number of hydrogen-bond acceptors (Lipinski definition) is 8. The van der Waals surface area contributed by atoms with Crippen LogP contribution in [0, 0.1) is 0 Å². The van der Waals surface area contributed by atoms with Gasteiger partial charge < -0.3 is 42.1 Å². The predicted molar refractivity (Wildman–Crippen MR) is 123 cm³/mol. The Morgan fingerprint density at radius 1 is 0.676 bits per heavy atom. The molecule has 0 aliphatic carbocycles. The maximum Gasteiger partial charge on any atom is 0.326 e. The van der Waals surface area contributed by atoms with Crippen LogP contribution < -0.4 is 21.7 Å². The third-order valence-corrected chi connectivity index (χ3v) is 4.92. The van der Waals surface area contributed by atoms with Gasteiger partial charge in [-0.1, -0.05) is 30.3 Å². The first-order chi connectivity index (χ1) is 17.3. The van der Waals surface area contributed by atoms with Gasteiger partial charge in [-0.05, 0) is 12.0 Å². The number of carbonyl (C=O) groups is 7. The third-order valence-electron chi connectivity index (χ3n) is 4.92. The van der Waals surface area contributed by atoms with E-state index >= 15 is 0 Å². The van der Waals surface area contributed by atoms with E-state index in [1.807, 2.05) is 0 Å². The molecule has 0 heterocycles. The number of carbonyl (C=O) groups excluding carboxylic acids is 3. The van der Waals surface area contributed by atoms with Crippen LogP contribution in [0.5, 0.6) is 0 Å². The molecular formula is C22H28N4O11. The van der Waals surface area contributed by atoms with Crippen LogP contribution in [0.4, 0.5) is 0 Å². The Balaban J connectivity index is 3.04. The van der Waals surface area contributed by atoms with Gasteiger partial charge in [-0.3, -0.25) is 28.8 Å². The molecule has 0 bridgehead atoms. The molecule has 0 fully saturated rings. The quantitative estimate of drug-likeness (QED) is 0.116. The van der Waals surface area contributed by atoms with Crippen LogP contribution in [0.3, 0.4) is 0 Å². The second kappa shape index (κ2) is 14.8. The van der Waals surface area contributed by atoms with Gasteiger partial charge in [-0.15, -0.1) is 0 Å². The standard InChI is InChI=1S/C22H28N4O11/c23-12(9-17(29)30)19(33)24-13(6-7-16(27)28)20(34)25-14(10-18(31)32)21(35)26-15(22(36)37)8-11-4-2-1-3-5-11/h1-5,12-15H,6-10,23H2,(H,24,33)(H,25,34)(H,26,35)(H,27,28)(H,29,30)(H,31,32)(H,36,37). The molecule has 3 amide bonds. The van der Waals surface area contributed by atoms with Gasteiger partial charge in [-0.25, -0.2) is 4.79 Å². The molecule has 4 atom stereocenters. The zero-order chi connectivity index (χ0) is 28.1. The van der Waals surface area contributed by atoms with E-state index in [2.05, 4.69) is 16.0 Å². The van der Waals surface area contributed by atoms with Gasteiger partial charge >= 0.3 is 23.9 Å². The second-order valence-corrected chi connectivity index (χ2v) is 7.95. The number of nitrogens with two attached hydrogens (primary N) is 1. The molecule has 1 aromatic rings. The summed E-state index contributed by atoms with van der Waals surface area (Å²) < 4.78 is 0. The summed E-state index contributed by atoms with van der Waals surface area (Å²) in [4.78, 5) is 82.3. The molecule has 0 aliphatic rings. The molecule has 0 spiro atoms. The number of carboxylic acids is 4. The molecule has 202 valence electrons. The Bertz CT molecular complexity index is 1020. The SMILES string of the molecule is NC(CC(=O)O)C(=O)NC(CCC(=O)O)C(=O)NC(CC(=O)O)C(=O)NC(Cc1ccccc1)C(=O)O. The van der Waals surface area contributed by atoms with Crippen molar-refractivity contribution in [2.24, 2.45) is 5.73 Å². The number of aliphatic carboxylic acids is 4. The molecule has 1 rings (SSSR count). The van der Waals surface area contributed by atoms with E-state index in [9.17, 15) is 43.8 Å². The average molecular weight is 524 g/mol. The van der Waals surface area contributed by atoms with Crippen LogP contribution in [-0.2, 0) is 40.0 Å². The first-order valence-electron chi connectivity index (χ1n) is 10.9. The van der Waals surface area contributed by atoms with E-state index < -0.39 is 91.4 Å². The molecular weight excluding hydrogens is 496 g/mol. The Morgan fingerprint density at radius 2 is 1.19 bits per heavy atom. The minimum atomic E-state index is -1.79.